The molecule has 0 aliphatic carbocycles. The van der Waals surface area contributed by atoms with Crippen LogP contribution in [0.15, 0.2) is 12.4 Å². The summed E-state index contributed by atoms with van der Waals surface area (Å²) < 4.78 is 1.70. The van der Waals surface area contributed by atoms with Crippen LogP contribution < -0.4 is 5.32 Å². The number of aromatic nitrogens is 2. The molecule has 1 fully saturated rings. The lowest BCUT2D eigenvalue weighted by atomic mass is 10.2. The van der Waals surface area contributed by atoms with Crippen molar-refractivity contribution in [1.82, 2.24) is 20.0 Å². The number of rotatable bonds is 3. The van der Waals surface area contributed by atoms with Gasteiger partial charge in [0.1, 0.15) is 0 Å². The van der Waals surface area contributed by atoms with E-state index in [1.54, 1.807) is 17.1 Å². The molecule has 1 atom stereocenters. The molecule has 0 saturated carbocycles. The Hall–Kier alpha value is -0.780. The minimum atomic E-state index is 0. The lowest BCUT2D eigenvalue weighted by Crippen LogP contribution is -2.52. The molecule has 102 valence electrons. The largest absolute Gasteiger partial charge is 0.337 e. The molecule has 1 aromatic rings. The first-order valence-corrected chi connectivity index (χ1v) is 6.23. The number of halogens is 2. The summed E-state index contributed by atoms with van der Waals surface area (Å²) in [6, 6.07) is 0.275. The van der Waals surface area contributed by atoms with Gasteiger partial charge in [0.25, 0.3) is 0 Å². The average molecular weight is 293 g/mol. The van der Waals surface area contributed by atoms with Gasteiger partial charge in [-0.15, -0.1) is 12.4 Å². The minimum Gasteiger partial charge on any atom is -0.337 e. The predicted molar refractivity (Wildman–Crippen MR) is 73.1 cm³/mol. The van der Waals surface area contributed by atoms with Gasteiger partial charge in [0.2, 0.25) is 5.91 Å². The zero-order chi connectivity index (χ0) is 12.3. The molecular formula is C11H18Cl2N4O. The van der Waals surface area contributed by atoms with Crippen LogP contribution in [0.2, 0.25) is 5.02 Å². The van der Waals surface area contributed by atoms with Crippen LogP contribution in [0, 0.1) is 0 Å². The number of hydrogen-bond donors (Lipinski definition) is 1. The molecule has 5 nitrogen and oxygen atoms in total. The third-order valence-electron chi connectivity index (χ3n) is 2.98. The second-order valence-corrected chi connectivity index (χ2v) is 4.75. The summed E-state index contributed by atoms with van der Waals surface area (Å²) in [5.41, 5.74) is 0. The molecular weight excluding hydrogens is 275 g/mol. The Morgan fingerprint density at radius 1 is 1.67 bits per heavy atom. The molecule has 1 amide bonds. The quantitative estimate of drug-likeness (QED) is 0.910. The van der Waals surface area contributed by atoms with Gasteiger partial charge in [-0.2, -0.15) is 5.10 Å². The van der Waals surface area contributed by atoms with Crippen molar-refractivity contribution in [1.29, 1.82) is 0 Å². The van der Waals surface area contributed by atoms with E-state index in [0.717, 1.165) is 19.6 Å². The molecule has 1 aliphatic rings. The molecule has 1 saturated heterocycles. The van der Waals surface area contributed by atoms with E-state index in [0.29, 0.717) is 18.0 Å². The van der Waals surface area contributed by atoms with Crippen LogP contribution in [0.4, 0.5) is 0 Å². The molecule has 1 aliphatic heterocycles. The highest BCUT2D eigenvalue weighted by Gasteiger charge is 2.22. The second-order valence-electron chi connectivity index (χ2n) is 4.31. The number of aryl methyl sites for hydroxylation is 1. The summed E-state index contributed by atoms with van der Waals surface area (Å²) in [7, 11) is 0. The maximum absolute atomic E-state index is 12.0. The lowest BCUT2D eigenvalue weighted by Gasteiger charge is -2.34. The summed E-state index contributed by atoms with van der Waals surface area (Å²) >= 11 is 5.76. The van der Waals surface area contributed by atoms with Crippen molar-refractivity contribution in [2.75, 3.05) is 19.6 Å². The topological polar surface area (TPSA) is 50.2 Å². The average Bonchev–Trinajstić information content (AvgIpc) is 2.73. The molecule has 0 aromatic carbocycles. The molecule has 1 aromatic heterocycles. The maximum atomic E-state index is 12.0. The highest BCUT2D eigenvalue weighted by Crippen LogP contribution is 2.08. The van der Waals surface area contributed by atoms with Crippen molar-refractivity contribution in [2.45, 2.75) is 25.9 Å². The summed E-state index contributed by atoms with van der Waals surface area (Å²) in [4.78, 5) is 13.9. The summed E-state index contributed by atoms with van der Waals surface area (Å²) in [6.45, 7) is 5.19. The van der Waals surface area contributed by atoms with E-state index >= 15 is 0 Å². The van der Waals surface area contributed by atoms with Crippen LogP contribution in [0.1, 0.15) is 13.3 Å². The fraction of sp³-hybridized carbons (Fsp3) is 0.636. The SMILES string of the molecule is C[C@H]1CNCCN1C(=O)CCn1cc(Cl)cn1.Cl. The number of carbonyl (C=O) groups is 1. The van der Waals surface area contributed by atoms with Crippen LogP contribution in [0.25, 0.3) is 0 Å². The Labute approximate surface area is 118 Å². The summed E-state index contributed by atoms with van der Waals surface area (Å²) in [5.74, 6) is 0.186. The van der Waals surface area contributed by atoms with E-state index in [1.807, 2.05) is 4.90 Å². The minimum absolute atomic E-state index is 0. The molecule has 18 heavy (non-hydrogen) atoms. The normalized spacial score (nSPS) is 19.4. The van der Waals surface area contributed by atoms with Crippen LogP contribution in [-0.2, 0) is 11.3 Å². The van der Waals surface area contributed by atoms with Crippen LogP contribution >= 0.6 is 24.0 Å². The first-order chi connectivity index (χ1) is 8.16. The van der Waals surface area contributed by atoms with Gasteiger partial charge >= 0.3 is 0 Å². The number of hydrogen-bond acceptors (Lipinski definition) is 3. The van der Waals surface area contributed by atoms with Gasteiger partial charge in [0.05, 0.1) is 11.2 Å². The Bertz CT molecular complexity index is 396. The molecule has 0 radical (unpaired) electrons. The second kappa shape index (κ2) is 6.97. The van der Waals surface area contributed by atoms with Gasteiger partial charge in [-0.3, -0.25) is 9.48 Å². The standard InChI is InChI=1S/C11H17ClN4O.ClH/c1-9-6-13-3-5-16(9)11(17)2-4-15-8-10(12)7-14-15;/h7-9,13H,2-6H2,1H3;1H/t9-;/m0./s1. The highest BCUT2D eigenvalue weighted by atomic mass is 35.5. The first-order valence-electron chi connectivity index (χ1n) is 5.85. The molecule has 0 bridgehead atoms. The number of nitrogens with one attached hydrogen (secondary N) is 1. The highest BCUT2D eigenvalue weighted by molar-refractivity contribution is 6.30. The van der Waals surface area contributed by atoms with E-state index in [-0.39, 0.29) is 24.4 Å². The third kappa shape index (κ3) is 3.86. The molecule has 0 unspecified atom stereocenters. The van der Waals surface area contributed by atoms with Crippen molar-refractivity contribution < 1.29 is 4.79 Å². The van der Waals surface area contributed by atoms with Gasteiger partial charge in [-0.25, -0.2) is 0 Å². The van der Waals surface area contributed by atoms with Crippen LogP contribution in [0.3, 0.4) is 0 Å². The van der Waals surface area contributed by atoms with E-state index in [4.69, 9.17) is 11.6 Å². The van der Waals surface area contributed by atoms with E-state index in [9.17, 15) is 4.79 Å². The van der Waals surface area contributed by atoms with Gasteiger partial charge in [0, 0.05) is 44.8 Å². The van der Waals surface area contributed by atoms with Gasteiger partial charge in [-0.1, -0.05) is 11.6 Å². The third-order valence-corrected chi connectivity index (χ3v) is 3.17. The lowest BCUT2D eigenvalue weighted by molar-refractivity contribution is -0.134. The molecule has 2 rings (SSSR count). The van der Waals surface area contributed by atoms with Crippen molar-refractivity contribution in [3.8, 4) is 0 Å². The van der Waals surface area contributed by atoms with Gasteiger partial charge in [-0.05, 0) is 6.92 Å². The fourth-order valence-electron chi connectivity index (χ4n) is 2.03. The summed E-state index contributed by atoms with van der Waals surface area (Å²) in [5, 5.41) is 7.93. The number of amides is 1. The van der Waals surface area contributed by atoms with Gasteiger partial charge < -0.3 is 10.2 Å². The molecule has 0 spiro atoms. The monoisotopic (exact) mass is 292 g/mol. The smallest absolute Gasteiger partial charge is 0.224 e. The number of piperazine rings is 1. The van der Waals surface area contributed by atoms with Crippen molar-refractivity contribution in [2.24, 2.45) is 0 Å². The Kier molecular flexibility index (Phi) is 5.91. The van der Waals surface area contributed by atoms with Gasteiger partial charge in [0.15, 0.2) is 0 Å². The molecule has 2 heterocycles. The number of nitrogens with zero attached hydrogens (tertiary/aromatic N) is 3. The van der Waals surface area contributed by atoms with E-state index in [2.05, 4.69) is 17.3 Å². The van der Waals surface area contributed by atoms with E-state index < -0.39 is 0 Å². The van der Waals surface area contributed by atoms with Crippen LogP contribution in [-0.4, -0.2) is 46.3 Å². The number of carbonyl (C=O) groups excluding carboxylic acids is 1. The Balaban J connectivity index is 0.00000162. The first kappa shape index (κ1) is 15.3. The summed E-state index contributed by atoms with van der Waals surface area (Å²) in [6.07, 6.45) is 3.79. The zero-order valence-corrected chi connectivity index (χ0v) is 11.9. The predicted octanol–water partition coefficient (Wildman–Crippen LogP) is 1.17. The zero-order valence-electron chi connectivity index (χ0n) is 10.3. The fourth-order valence-corrected chi connectivity index (χ4v) is 2.18. The van der Waals surface area contributed by atoms with Crippen molar-refractivity contribution in [3.05, 3.63) is 17.4 Å². The van der Waals surface area contributed by atoms with Crippen LogP contribution in [0.5, 0.6) is 0 Å². The molecule has 1 N–H and O–H groups in total. The molecule has 7 heteroatoms. The Morgan fingerprint density at radius 2 is 2.44 bits per heavy atom. The maximum Gasteiger partial charge on any atom is 0.224 e. The van der Waals surface area contributed by atoms with E-state index in [1.165, 1.54) is 0 Å². The van der Waals surface area contributed by atoms with Crippen molar-refractivity contribution >= 4 is 29.9 Å². The Morgan fingerprint density at radius 3 is 3.06 bits per heavy atom. The van der Waals surface area contributed by atoms with Crippen molar-refractivity contribution in [3.63, 3.8) is 0 Å².